The summed E-state index contributed by atoms with van der Waals surface area (Å²) in [6.07, 6.45) is 6.45. The highest BCUT2D eigenvalue weighted by Gasteiger charge is 2.24. The van der Waals surface area contributed by atoms with Crippen LogP contribution in [0.4, 0.5) is 0 Å². The Morgan fingerprint density at radius 1 is 1.44 bits per heavy atom. The largest absolute Gasteiger partial charge is 0.306 e. The van der Waals surface area contributed by atoms with Gasteiger partial charge in [0.2, 0.25) is 0 Å². The number of aldehydes is 1. The molecular weight excluding hydrogens is 200 g/mol. The van der Waals surface area contributed by atoms with Gasteiger partial charge in [-0.25, -0.2) is 0 Å². The van der Waals surface area contributed by atoms with E-state index in [1.807, 2.05) is 0 Å². The Bertz CT molecular complexity index is 200. The molecule has 1 fully saturated rings. The van der Waals surface area contributed by atoms with Gasteiger partial charge in [0.1, 0.15) is 6.29 Å². The van der Waals surface area contributed by atoms with E-state index in [4.69, 9.17) is 0 Å². The maximum absolute atomic E-state index is 10.4. The standard InChI is InChI=1S/C13H26N2O/c1-4-12(6-5-11-16)15(3)13-7-9-14(2)10-8-13/h11-13H,4-10H2,1-3H3. The van der Waals surface area contributed by atoms with E-state index in [9.17, 15) is 4.79 Å². The summed E-state index contributed by atoms with van der Waals surface area (Å²) in [5, 5.41) is 0. The van der Waals surface area contributed by atoms with Crippen molar-refractivity contribution < 1.29 is 4.79 Å². The molecule has 1 aliphatic rings. The Kier molecular flexibility index (Phi) is 5.99. The van der Waals surface area contributed by atoms with Gasteiger partial charge in [0.15, 0.2) is 0 Å². The predicted octanol–water partition coefficient (Wildman–Crippen LogP) is 1.77. The smallest absolute Gasteiger partial charge is 0.120 e. The van der Waals surface area contributed by atoms with Gasteiger partial charge < -0.3 is 14.6 Å². The van der Waals surface area contributed by atoms with Gasteiger partial charge in [0.25, 0.3) is 0 Å². The minimum atomic E-state index is 0.582. The number of carbonyl (C=O) groups excluding carboxylic acids is 1. The maximum Gasteiger partial charge on any atom is 0.120 e. The average Bonchev–Trinajstić information content (AvgIpc) is 2.30. The maximum atomic E-state index is 10.4. The number of carbonyl (C=O) groups is 1. The van der Waals surface area contributed by atoms with E-state index in [0.29, 0.717) is 18.5 Å². The topological polar surface area (TPSA) is 23.6 Å². The molecule has 1 heterocycles. The first-order valence-electron chi connectivity index (χ1n) is 6.53. The minimum Gasteiger partial charge on any atom is -0.306 e. The third kappa shape index (κ3) is 3.87. The Morgan fingerprint density at radius 3 is 2.56 bits per heavy atom. The van der Waals surface area contributed by atoms with E-state index in [1.54, 1.807) is 0 Å². The first kappa shape index (κ1) is 13.7. The SMILES string of the molecule is CCC(CCC=O)N(C)C1CCN(C)CC1. The lowest BCUT2D eigenvalue weighted by Gasteiger charge is -2.39. The van der Waals surface area contributed by atoms with Gasteiger partial charge in [-0.3, -0.25) is 0 Å². The normalized spacial score (nSPS) is 21.2. The number of hydrogen-bond donors (Lipinski definition) is 0. The van der Waals surface area contributed by atoms with E-state index < -0.39 is 0 Å². The summed E-state index contributed by atoms with van der Waals surface area (Å²) in [7, 11) is 4.43. The molecule has 0 radical (unpaired) electrons. The summed E-state index contributed by atoms with van der Waals surface area (Å²) < 4.78 is 0. The fourth-order valence-corrected chi connectivity index (χ4v) is 2.66. The van der Waals surface area contributed by atoms with Gasteiger partial charge in [-0.1, -0.05) is 6.92 Å². The average molecular weight is 226 g/mol. The molecule has 1 saturated heterocycles. The molecule has 0 bridgehead atoms. The monoisotopic (exact) mass is 226 g/mol. The quantitative estimate of drug-likeness (QED) is 0.645. The third-order valence-corrected chi connectivity index (χ3v) is 3.93. The second kappa shape index (κ2) is 7.02. The number of rotatable bonds is 6. The van der Waals surface area contributed by atoms with Crippen molar-refractivity contribution in [2.45, 2.75) is 51.1 Å². The van der Waals surface area contributed by atoms with Crippen LogP contribution in [0.25, 0.3) is 0 Å². The van der Waals surface area contributed by atoms with Crippen LogP contribution in [0.15, 0.2) is 0 Å². The zero-order valence-electron chi connectivity index (χ0n) is 11.0. The minimum absolute atomic E-state index is 0.582. The number of likely N-dealkylation sites (tertiary alicyclic amines) is 1. The molecule has 1 atom stereocenters. The summed E-state index contributed by atoms with van der Waals surface area (Å²) >= 11 is 0. The van der Waals surface area contributed by atoms with Crippen LogP contribution >= 0.6 is 0 Å². The lowest BCUT2D eigenvalue weighted by Crippen LogP contribution is -2.46. The lowest BCUT2D eigenvalue weighted by atomic mass is 9.99. The molecule has 1 aliphatic heterocycles. The van der Waals surface area contributed by atoms with Crippen molar-refractivity contribution in [1.82, 2.24) is 9.80 Å². The number of nitrogens with zero attached hydrogens (tertiary/aromatic N) is 2. The summed E-state index contributed by atoms with van der Waals surface area (Å²) in [5.74, 6) is 0. The van der Waals surface area contributed by atoms with E-state index >= 15 is 0 Å². The van der Waals surface area contributed by atoms with Gasteiger partial charge in [0, 0.05) is 18.5 Å². The molecule has 1 rings (SSSR count). The molecule has 94 valence electrons. The van der Waals surface area contributed by atoms with Crippen molar-refractivity contribution in [1.29, 1.82) is 0 Å². The van der Waals surface area contributed by atoms with Gasteiger partial charge in [0.05, 0.1) is 0 Å². The van der Waals surface area contributed by atoms with Crippen molar-refractivity contribution in [3.05, 3.63) is 0 Å². The van der Waals surface area contributed by atoms with Crippen molar-refractivity contribution in [2.75, 3.05) is 27.2 Å². The molecule has 0 spiro atoms. The second-order valence-corrected chi connectivity index (χ2v) is 5.01. The molecule has 3 nitrogen and oxygen atoms in total. The molecule has 0 aromatic heterocycles. The molecule has 0 N–H and O–H groups in total. The molecule has 1 unspecified atom stereocenters. The first-order valence-corrected chi connectivity index (χ1v) is 6.53. The molecule has 0 amide bonds. The zero-order valence-corrected chi connectivity index (χ0v) is 11.0. The highest BCUT2D eigenvalue weighted by molar-refractivity contribution is 5.49. The van der Waals surface area contributed by atoms with E-state index in [0.717, 1.165) is 19.1 Å². The summed E-state index contributed by atoms with van der Waals surface area (Å²) in [6.45, 7) is 4.64. The van der Waals surface area contributed by atoms with Gasteiger partial charge >= 0.3 is 0 Å². The van der Waals surface area contributed by atoms with Crippen LogP contribution in [0.1, 0.15) is 39.0 Å². The Labute approximate surface area is 99.8 Å². The van der Waals surface area contributed by atoms with Crippen LogP contribution in [0.5, 0.6) is 0 Å². The lowest BCUT2D eigenvalue weighted by molar-refractivity contribution is -0.108. The molecule has 0 saturated carbocycles. The van der Waals surface area contributed by atoms with Crippen LogP contribution < -0.4 is 0 Å². The highest BCUT2D eigenvalue weighted by atomic mass is 16.1. The van der Waals surface area contributed by atoms with E-state index in [2.05, 4.69) is 30.8 Å². The van der Waals surface area contributed by atoms with Gasteiger partial charge in [-0.15, -0.1) is 0 Å². The van der Waals surface area contributed by atoms with Gasteiger partial charge in [-0.2, -0.15) is 0 Å². The summed E-state index contributed by atoms with van der Waals surface area (Å²) in [6, 6.07) is 1.30. The molecule has 0 aliphatic carbocycles. The Morgan fingerprint density at radius 2 is 2.06 bits per heavy atom. The summed E-state index contributed by atoms with van der Waals surface area (Å²) in [4.78, 5) is 15.4. The Balaban J connectivity index is 2.40. The van der Waals surface area contributed by atoms with Gasteiger partial charge in [-0.05, 0) is 52.9 Å². The van der Waals surface area contributed by atoms with Crippen molar-refractivity contribution >= 4 is 6.29 Å². The Hall–Kier alpha value is -0.410. The van der Waals surface area contributed by atoms with Crippen molar-refractivity contribution in [3.63, 3.8) is 0 Å². The molecular formula is C13H26N2O. The third-order valence-electron chi connectivity index (χ3n) is 3.93. The predicted molar refractivity (Wildman–Crippen MR) is 67.7 cm³/mol. The van der Waals surface area contributed by atoms with Crippen molar-refractivity contribution in [2.24, 2.45) is 0 Å². The molecule has 3 heteroatoms. The van der Waals surface area contributed by atoms with Crippen LogP contribution in [-0.4, -0.2) is 55.4 Å². The van der Waals surface area contributed by atoms with Crippen LogP contribution in [0, 0.1) is 0 Å². The molecule has 0 aromatic rings. The van der Waals surface area contributed by atoms with Crippen molar-refractivity contribution in [3.8, 4) is 0 Å². The van der Waals surface area contributed by atoms with E-state index in [1.165, 1.54) is 25.9 Å². The summed E-state index contributed by atoms with van der Waals surface area (Å²) in [5.41, 5.74) is 0. The van der Waals surface area contributed by atoms with Crippen LogP contribution in [0.3, 0.4) is 0 Å². The number of piperidine rings is 1. The second-order valence-electron chi connectivity index (χ2n) is 5.01. The van der Waals surface area contributed by atoms with E-state index in [-0.39, 0.29) is 0 Å². The fraction of sp³-hybridized carbons (Fsp3) is 0.923. The first-order chi connectivity index (χ1) is 7.69. The molecule has 16 heavy (non-hydrogen) atoms. The van der Waals surface area contributed by atoms with Crippen LogP contribution in [0.2, 0.25) is 0 Å². The zero-order chi connectivity index (χ0) is 12.0. The highest BCUT2D eigenvalue weighted by Crippen LogP contribution is 2.19. The number of hydrogen-bond acceptors (Lipinski definition) is 3. The fourth-order valence-electron chi connectivity index (χ4n) is 2.66. The molecule has 0 aromatic carbocycles. The van der Waals surface area contributed by atoms with Crippen LogP contribution in [-0.2, 0) is 4.79 Å².